The van der Waals surface area contributed by atoms with Gasteiger partial charge in [-0.05, 0) is 62.4 Å². The largest absolute Gasteiger partial charge is 0.371 e. The van der Waals surface area contributed by atoms with Crippen molar-refractivity contribution in [2.75, 3.05) is 43.0 Å². The zero-order chi connectivity index (χ0) is 22.7. The van der Waals surface area contributed by atoms with Gasteiger partial charge in [-0.2, -0.15) is 4.31 Å². The van der Waals surface area contributed by atoms with Crippen molar-refractivity contribution in [3.63, 3.8) is 0 Å². The number of sulfonamides is 1. The van der Waals surface area contributed by atoms with Crippen LogP contribution < -0.4 is 9.80 Å². The number of amides is 1. The molecular formula is C24H30FN3O3S. The van der Waals surface area contributed by atoms with Gasteiger partial charge in [-0.25, -0.2) is 12.8 Å². The number of carbonyl (C=O) groups is 1. The van der Waals surface area contributed by atoms with Gasteiger partial charge in [0.2, 0.25) is 10.0 Å². The summed E-state index contributed by atoms with van der Waals surface area (Å²) >= 11 is 0. The molecule has 4 rings (SSSR count). The third kappa shape index (κ3) is 4.52. The van der Waals surface area contributed by atoms with E-state index in [2.05, 4.69) is 4.90 Å². The highest BCUT2D eigenvalue weighted by Gasteiger charge is 2.29. The van der Waals surface area contributed by atoms with Gasteiger partial charge in [0.05, 0.1) is 16.1 Å². The van der Waals surface area contributed by atoms with E-state index >= 15 is 0 Å². The summed E-state index contributed by atoms with van der Waals surface area (Å²) in [5.41, 5.74) is 1.15. The van der Waals surface area contributed by atoms with Gasteiger partial charge in [0.15, 0.2) is 0 Å². The number of piperidine rings is 2. The fourth-order valence-electron chi connectivity index (χ4n) is 4.53. The van der Waals surface area contributed by atoms with E-state index in [9.17, 15) is 17.6 Å². The number of halogens is 1. The van der Waals surface area contributed by atoms with Crippen LogP contribution in [-0.2, 0) is 10.0 Å². The molecule has 172 valence electrons. The van der Waals surface area contributed by atoms with Crippen molar-refractivity contribution >= 4 is 27.3 Å². The van der Waals surface area contributed by atoms with Gasteiger partial charge >= 0.3 is 0 Å². The summed E-state index contributed by atoms with van der Waals surface area (Å²) in [5, 5.41) is 0. The second-order valence-corrected chi connectivity index (χ2v) is 10.4. The predicted molar refractivity (Wildman–Crippen MR) is 124 cm³/mol. The average Bonchev–Trinajstić information content (AvgIpc) is 2.84. The molecule has 32 heavy (non-hydrogen) atoms. The lowest BCUT2D eigenvalue weighted by molar-refractivity contribution is 0.0992. The molecule has 0 atom stereocenters. The van der Waals surface area contributed by atoms with Crippen LogP contribution in [0.5, 0.6) is 0 Å². The van der Waals surface area contributed by atoms with Gasteiger partial charge in [-0.15, -0.1) is 0 Å². The van der Waals surface area contributed by atoms with Crippen LogP contribution in [-0.4, -0.2) is 51.9 Å². The molecule has 2 saturated heterocycles. The third-order valence-corrected chi connectivity index (χ3v) is 8.26. The second kappa shape index (κ2) is 9.58. The van der Waals surface area contributed by atoms with E-state index in [1.165, 1.54) is 28.4 Å². The van der Waals surface area contributed by atoms with E-state index in [4.69, 9.17) is 0 Å². The number of hydrogen-bond donors (Lipinski definition) is 0. The number of nitrogens with zero attached hydrogens (tertiary/aromatic N) is 3. The van der Waals surface area contributed by atoms with Crippen LogP contribution in [0.3, 0.4) is 0 Å². The molecule has 0 saturated carbocycles. The molecule has 0 spiro atoms. The molecule has 2 aliphatic rings. The molecule has 0 bridgehead atoms. The number of benzene rings is 2. The first kappa shape index (κ1) is 22.7. The van der Waals surface area contributed by atoms with E-state index in [0.717, 1.165) is 51.6 Å². The topological polar surface area (TPSA) is 60.9 Å². The summed E-state index contributed by atoms with van der Waals surface area (Å²) in [6.45, 7) is 2.60. The highest BCUT2D eigenvalue weighted by molar-refractivity contribution is 7.89. The summed E-state index contributed by atoms with van der Waals surface area (Å²) in [7, 11) is -2.17. The Hall–Kier alpha value is -2.45. The Morgan fingerprint density at radius 1 is 0.906 bits per heavy atom. The van der Waals surface area contributed by atoms with Crippen molar-refractivity contribution < 1.29 is 17.6 Å². The SMILES string of the molecule is CN(C(=O)c1cc(S(=O)(=O)N2CCCCC2)ccc1N1CCCCC1)c1ccccc1F. The van der Waals surface area contributed by atoms with E-state index in [-0.39, 0.29) is 16.1 Å². The highest BCUT2D eigenvalue weighted by Crippen LogP contribution is 2.31. The number of rotatable bonds is 5. The lowest BCUT2D eigenvalue weighted by Gasteiger charge is -2.32. The molecule has 2 aromatic carbocycles. The number of hydrogen-bond acceptors (Lipinski definition) is 4. The van der Waals surface area contributed by atoms with Gasteiger partial charge in [0.25, 0.3) is 5.91 Å². The van der Waals surface area contributed by atoms with Crippen LogP contribution in [0.15, 0.2) is 47.4 Å². The van der Waals surface area contributed by atoms with Crippen LogP contribution in [0.2, 0.25) is 0 Å². The molecule has 2 aliphatic heterocycles. The first-order chi connectivity index (χ1) is 15.4. The van der Waals surface area contributed by atoms with Crippen molar-refractivity contribution in [2.24, 2.45) is 0 Å². The Labute approximate surface area is 189 Å². The minimum absolute atomic E-state index is 0.116. The summed E-state index contributed by atoms with van der Waals surface area (Å²) in [5.74, 6) is -0.925. The maximum absolute atomic E-state index is 14.4. The Morgan fingerprint density at radius 2 is 1.53 bits per heavy atom. The summed E-state index contributed by atoms with van der Waals surface area (Å²) in [6, 6.07) is 10.9. The molecule has 2 aromatic rings. The minimum atomic E-state index is -3.69. The van der Waals surface area contributed by atoms with E-state index in [1.54, 1.807) is 30.3 Å². The van der Waals surface area contributed by atoms with Gasteiger partial charge in [0, 0.05) is 38.9 Å². The van der Waals surface area contributed by atoms with Gasteiger partial charge in [0.1, 0.15) is 5.82 Å². The summed E-state index contributed by atoms with van der Waals surface area (Å²) < 4.78 is 42.4. The first-order valence-corrected chi connectivity index (χ1v) is 12.8. The zero-order valence-electron chi connectivity index (χ0n) is 18.5. The zero-order valence-corrected chi connectivity index (χ0v) is 19.3. The van der Waals surface area contributed by atoms with E-state index < -0.39 is 21.7 Å². The molecule has 6 nitrogen and oxygen atoms in total. The normalized spacial score (nSPS) is 17.9. The summed E-state index contributed by atoms with van der Waals surface area (Å²) in [6.07, 6.45) is 5.88. The Bertz CT molecular complexity index is 1080. The molecule has 2 heterocycles. The first-order valence-electron chi connectivity index (χ1n) is 11.3. The number of anilines is 2. The van der Waals surface area contributed by atoms with Crippen LogP contribution >= 0.6 is 0 Å². The third-order valence-electron chi connectivity index (χ3n) is 6.37. The molecule has 0 aliphatic carbocycles. The Morgan fingerprint density at radius 3 is 2.19 bits per heavy atom. The van der Waals surface area contributed by atoms with Gasteiger partial charge in [-0.3, -0.25) is 4.79 Å². The van der Waals surface area contributed by atoms with Crippen LogP contribution in [0.1, 0.15) is 48.9 Å². The molecule has 1 amide bonds. The number of carbonyl (C=O) groups excluding carboxylic acids is 1. The smallest absolute Gasteiger partial charge is 0.260 e. The van der Waals surface area contributed by atoms with Crippen LogP contribution in [0.25, 0.3) is 0 Å². The summed E-state index contributed by atoms with van der Waals surface area (Å²) in [4.78, 5) is 17.0. The van der Waals surface area contributed by atoms with Crippen molar-refractivity contribution in [1.82, 2.24) is 4.31 Å². The molecule has 2 fully saturated rings. The van der Waals surface area contributed by atoms with Gasteiger partial charge < -0.3 is 9.80 Å². The lowest BCUT2D eigenvalue weighted by Crippen LogP contribution is -2.36. The fourth-order valence-corrected chi connectivity index (χ4v) is 6.07. The molecule has 0 N–H and O–H groups in total. The van der Waals surface area contributed by atoms with Crippen LogP contribution in [0, 0.1) is 5.82 Å². The number of para-hydroxylation sites is 1. The van der Waals surface area contributed by atoms with Gasteiger partial charge in [-0.1, -0.05) is 18.6 Å². The maximum atomic E-state index is 14.4. The second-order valence-electron chi connectivity index (χ2n) is 8.51. The quantitative estimate of drug-likeness (QED) is 0.670. The molecular weight excluding hydrogens is 429 g/mol. The van der Waals surface area contributed by atoms with Crippen molar-refractivity contribution in [2.45, 2.75) is 43.4 Å². The van der Waals surface area contributed by atoms with E-state index in [0.29, 0.717) is 18.8 Å². The van der Waals surface area contributed by atoms with Crippen molar-refractivity contribution in [3.8, 4) is 0 Å². The fraction of sp³-hybridized carbons (Fsp3) is 0.458. The Balaban J connectivity index is 1.75. The highest BCUT2D eigenvalue weighted by atomic mass is 32.2. The standard InChI is InChI=1S/C24H30FN3O3S/c1-26(23-11-5-4-10-21(23)25)24(29)20-18-19(32(30,31)28-16-8-3-9-17-28)12-13-22(20)27-14-6-2-7-15-27/h4-5,10-13,18H,2-3,6-9,14-17H2,1H3. The molecule has 0 aromatic heterocycles. The van der Waals surface area contributed by atoms with Crippen molar-refractivity contribution in [3.05, 3.63) is 53.8 Å². The monoisotopic (exact) mass is 459 g/mol. The van der Waals surface area contributed by atoms with Crippen molar-refractivity contribution in [1.29, 1.82) is 0 Å². The predicted octanol–water partition coefficient (Wildman–Crippen LogP) is 4.27. The van der Waals surface area contributed by atoms with Crippen LogP contribution in [0.4, 0.5) is 15.8 Å². The minimum Gasteiger partial charge on any atom is -0.371 e. The van der Waals surface area contributed by atoms with E-state index in [1.807, 2.05) is 0 Å². The molecule has 8 heteroatoms. The average molecular weight is 460 g/mol. The lowest BCUT2D eigenvalue weighted by atomic mass is 10.1. The molecule has 0 unspecified atom stereocenters. The molecule has 0 radical (unpaired) electrons. The Kier molecular flexibility index (Phi) is 6.81. The maximum Gasteiger partial charge on any atom is 0.260 e.